The maximum atomic E-state index is 13.2. The minimum atomic E-state index is 0.232. The van der Waals surface area contributed by atoms with Crippen molar-refractivity contribution in [3.63, 3.8) is 0 Å². The Morgan fingerprint density at radius 2 is 1.69 bits per heavy atom. The smallest absolute Gasteiger partial charge is 0.317 e. The molecule has 3 nitrogen and oxygen atoms in total. The van der Waals surface area contributed by atoms with E-state index in [9.17, 15) is 4.79 Å². The number of nitrogens with one attached hydrogen (secondary N) is 1. The second kappa shape index (κ2) is 6.75. The van der Waals surface area contributed by atoms with Crippen molar-refractivity contribution >= 4 is 6.03 Å². The van der Waals surface area contributed by atoms with E-state index in [1.807, 2.05) is 0 Å². The van der Waals surface area contributed by atoms with E-state index in [4.69, 9.17) is 0 Å². The Labute approximate surface area is 175 Å². The highest BCUT2D eigenvalue weighted by atomic mass is 16.2. The summed E-state index contributed by atoms with van der Waals surface area (Å²) in [5, 5.41) is 3.54. The van der Waals surface area contributed by atoms with Crippen LogP contribution in [0, 0.1) is 23.7 Å². The van der Waals surface area contributed by atoms with E-state index < -0.39 is 0 Å². The number of carbonyl (C=O) groups is 1. The highest BCUT2D eigenvalue weighted by Crippen LogP contribution is 2.54. The summed E-state index contributed by atoms with van der Waals surface area (Å²) in [6, 6.07) is 9.83. The lowest BCUT2D eigenvalue weighted by Crippen LogP contribution is -2.59. The summed E-state index contributed by atoms with van der Waals surface area (Å²) in [6.07, 6.45) is 11.7. The van der Waals surface area contributed by atoms with Gasteiger partial charge in [-0.05, 0) is 104 Å². The minimum Gasteiger partial charge on any atom is -0.335 e. The van der Waals surface area contributed by atoms with E-state index in [2.05, 4.69) is 41.4 Å². The topological polar surface area (TPSA) is 32.3 Å². The Balaban J connectivity index is 1.12. The molecule has 156 valence electrons. The van der Waals surface area contributed by atoms with Crippen LogP contribution in [-0.4, -0.2) is 30.1 Å². The highest BCUT2D eigenvalue weighted by molar-refractivity contribution is 5.75. The highest BCUT2D eigenvalue weighted by Gasteiger charge is 2.49. The van der Waals surface area contributed by atoms with Crippen LogP contribution in [0.2, 0.25) is 0 Å². The van der Waals surface area contributed by atoms with Gasteiger partial charge in [0.1, 0.15) is 0 Å². The number of fused-ring (bicyclic) bond motifs is 2. The quantitative estimate of drug-likeness (QED) is 0.713. The van der Waals surface area contributed by atoms with Gasteiger partial charge < -0.3 is 10.2 Å². The summed E-state index contributed by atoms with van der Waals surface area (Å²) in [6.45, 7) is 4.17. The van der Waals surface area contributed by atoms with Crippen molar-refractivity contribution < 1.29 is 4.79 Å². The number of amides is 2. The lowest BCUT2D eigenvalue weighted by atomic mass is 9.54. The zero-order valence-electron chi connectivity index (χ0n) is 17.9. The number of benzene rings is 1. The normalized spacial score (nSPS) is 39.0. The second-order valence-corrected chi connectivity index (χ2v) is 11.1. The molecule has 4 saturated carbocycles. The fraction of sp³-hybridized carbons (Fsp3) is 0.731. The summed E-state index contributed by atoms with van der Waals surface area (Å²) in [5.74, 6) is 4.17. The molecule has 29 heavy (non-hydrogen) atoms. The molecule has 1 heterocycles. The Hall–Kier alpha value is -1.51. The molecule has 1 aromatic carbocycles. The Morgan fingerprint density at radius 1 is 1.03 bits per heavy atom. The first-order chi connectivity index (χ1) is 14.1. The molecule has 1 aliphatic heterocycles. The van der Waals surface area contributed by atoms with Gasteiger partial charge in [0.2, 0.25) is 0 Å². The molecule has 1 saturated heterocycles. The van der Waals surface area contributed by atoms with E-state index >= 15 is 0 Å². The molecule has 3 heteroatoms. The molecular weight excluding hydrogens is 356 g/mol. The fourth-order valence-corrected chi connectivity index (χ4v) is 8.40. The van der Waals surface area contributed by atoms with Gasteiger partial charge in [0.25, 0.3) is 0 Å². The third-order valence-corrected chi connectivity index (χ3v) is 9.63. The molecule has 0 aromatic heterocycles. The van der Waals surface area contributed by atoms with Gasteiger partial charge in [-0.1, -0.05) is 31.2 Å². The first kappa shape index (κ1) is 18.3. The molecule has 1 N–H and O–H groups in total. The van der Waals surface area contributed by atoms with Crippen molar-refractivity contribution in [3.8, 4) is 0 Å². The summed E-state index contributed by atoms with van der Waals surface area (Å²) in [4.78, 5) is 15.3. The average Bonchev–Trinajstić information content (AvgIpc) is 3.04. The molecule has 1 spiro atoms. The average molecular weight is 393 g/mol. The van der Waals surface area contributed by atoms with Crippen molar-refractivity contribution in [3.05, 3.63) is 35.4 Å². The Kier molecular flexibility index (Phi) is 4.25. The standard InChI is InChI=1S/C26H36N2O/c1-2-19-16-26(23-6-4-3-5-22(19)23)7-9-28(10-8-26)25(29)27-24-20-12-17-11-18(14-20)15-21(24)13-17/h3-6,17-21,24H,2,7-16H2,1H3,(H,27,29). The van der Waals surface area contributed by atoms with Crippen molar-refractivity contribution in [2.24, 2.45) is 23.7 Å². The van der Waals surface area contributed by atoms with Crippen LogP contribution in [0.1, 0.15) is 81.8 Å². The van der Waals surface area contributed by atoms with Gasteiger partial charge in [0, 0.05) is 19.1 Å². The maximum absolute atomic E-state index is 13.2. The zero-order chi connectivity index (χ0) is 19.6. The fourth-order valence-electron chi connectivity index (χ4n) is 8.40. The number of carbonyl (C=O) groups excluding carboxylic acids is 1. The predicted molar refractivity (Wildman–Crippen MR) is 116 cm³/mol. The molecular formula is C26H36N2O. The third-order valence-electron chi connectivity index (χ3n) is 9.63. The molecule has 2 amide bonds. The van der Waals surface area contributed by atoms with E-state index in [0.29, 0.717) is 17.4 Å². The van der Waals surface area contributed by atoms with Gasteiger partial charge >= 0.3 is 6.03 Å². The lowest BCUT2D eigenvalue weighted by Gasteiger charge is -2.54. The van der Waals surface area contributed by atoms with Crippen LogP contribution in [0.5, 0.6) is 0 Å². The van der Waals surface area contributed by atoms with Crippen LogP contribution in [0.25, 0.3) is 0 Å². The predicted octanol–water partition coefficient (Wildman–Crippen LogP) is 5.45. The van der Waals surface area contributed by atoms with Crippen LogP contribution in [-0.2, 0) is 5.41 Å². The van der Waals surface area contributed by atoms with Gasteiger partial charge in [-0.25, -0.2) is 4.79 Å². The monoisotopic (exact) mass is 392 g/mol. The molecule has 7 rings (SSSR count). The minimum absolute atomic E-state index is 0.232. The molecule has 1 aromatic rings. The van der Waals surface area contributed by atoms with Crippen LogP contribution < -0.4 is 5.32 Å². The van der Waals surface area contributed by atoms with Crippen molar-refractivity contribution in [1.29, 1.82) is 0 Å². The third kappa shape index (κ3) is 2.86. The van der Waals surface area contributed by atoms with E-state index in [-0.39, 0.29) is 6.03 Å². The Bertz CT molecular complexity index is 766. The number of urea groups is 1. The van der Waals surface area contributed by atoms with Gasteiger partial charge in [0.15, 0.2) is 0 Å². The van der Waals surface area contributed by atoms with E-state index in [0.717, 1.165) is 49.6 Å². The summed E-state index contributed by atoms with van der Waals surface area (Å²) >= 11 is 0. The van der Waals surface area contributed by atoms with E-state index in [1.54, 1.807) is 11.1 Å². The molecule has 5 fully saturated rings. The van der Waals surface area contributed by atoms with E-state index in [1.165, 1.54) is 44.9 Å². The summed E-state index contributed by atoms with van der Waals surface area (Å²) < 4.78 is 0. The SMILES string of the molecule is CCC1CC2(CCN(C(=O)NC3C4CC5CC(C4)CC3C5)CC2)c2ccccc21. The summed E-state index contributed by atoms with van der Waals surface area (Å²) in [7, 11) is 0. The lowest BCUT2D eigenvalue weighted by molar-refractivity contribution is -0.0115. The second-order valence-electron chi connectivity index (χ2n) is 11.1. The van der Waals surface area contributed by atoms with Gasteiger partial charge in [-0.15, -0.1) is 0 Å². The molecule has 1 unspecified atom stereocenters. The molecule has 5 aliphatic carbocycles. The first-order valence-electron chi connectivity index (χ1n) is 12.3. The zero-order valence-corrected chi connectivity index (χ0v) is 17.9. The molecule has 1 atom stereocenters. The first-order valence-corrected chi connectivity index (χ1v) is 12.3. The van der Waals surface area contributed by atoms with Crippen molar-refractivity contribution in [2.75, 3.05) is 13.1 Å². The Morgan fingerprint density at radius 3 is 2.34 bits per heavy atom. The number of nitrogens with zero attached hydrogens (tertiary/aromatic N) is 1. The number of hydrogen-bond acceptors (Lipinski definition) is 1. The number of likely N-dealkylation sites (tertiary alicyclic amines) is 1. The molecule has 4 bridgehead atoms. The molecule has 0 radical (unpaired) electrons. The molecule has 6 aliphatic rings. The van der Waals surface area contributed by atoms with Gasteiger partial charge in [0.05, 0.1) is 0 Å². The van der Waals surface area contributed by atoms with Gasteiger partial charge in [-0.3, -0.25) is 0 Å². The number of hydrogen-bond donors (Lipinski definition) is 1. The summed E-state index contributed by atoms with van der Waals surface area (Å²) in [5.41, 5.74) is 3.49. The van der Waals surface area contributed by atoms with Crippen LogP contribution in [0.4, 0.5) is 4.79 Å². The van der Waals surface area contributed by atoms with Gasteiger partial charge in [-0.2, -0.15) is 0 Å². The van der Waals surface area contributed by atoms with Crippen molar-refractivity contribution in [2.45, 2.75) is 82.1 Å². The number of rotatable bonds is 2. The maximum Gasteiger partial charge on any atom is 0.317 e. The van der Waals surface area contributed by atoms with Crippen LogP contribution in [0.15, 0.2) is 24.3 Å². The largest absolute Gasteiger partial charge is 0.335 e. The van der Waals surface area contributed by atoms with Crippen molar-refractivity contribution in [1.82, 2.24) is 10.2 Å². The number of piperidine rings is 1. The van der Waals surface area contributed by atoms with Crippen LogP contribution in [0.3, 0.4) is 0 Å². The van der Waals surface area contributed by atoms with Crippen LogP contribution >= 0.6 is 0 Å².